The molecule has 0 aliphatic heterocycles. The van der Waals surface area contributed by atoms with Crippen molar-refractivity contribution in [3.63, 3.8) is 0 Å². The summed E-state index contributed by atoms with van der Waals surface area (Å²) in [5.74, 6) is -0.663. The Balaban J connectivity index is 2.80. The molecule has 5 nitrogen and oxygen atoms in total. The third-order valence-electron chi connectivity index (χ3n) is 1.53. The van der Waals surface area contributed by atoms with Crippen molar-refractivity contribution in [3.8, 4) is 6.07 Å². The van der Waals surface area contributed by atoms with Crippen LogP contribution < -0.4 is 0 Å². The molecule has 0 N–H and O–H groups in total. The molecule has 0 aromatic carbocycles. The van der Waals surface area contributed by atoms with E-state index in [1.54, 1.807) is 18.2 Å². The van der Waals surface area contributed by atoms with Gasteiger partial charge in [0.1, 0.15) is 6.07 Å². The van der Waals surface area contributed by atoms with Crippen molar-refractivity contribution < 1.29 is 4.39 Å². The highest BCUT2D eigenvalue weighted by Crippen LogP contribution is 2.07. The lowest BCUT2D eigenvalue weighted by molar-refractivity contribution is 0.616. The van der Waals surface area contributed by atoms with E-state index in [-0.39, 0.29) is 12.2 Å². The second-order valence-corrected chi connectivity index (χ2v) is 2.53. The summed E-state index contributed by atoms with van der Waals surface area (Å²) >= 11 is 0. The summed E-state index contributed by atoms with van der Waals surface area (Å²) in [6, 6.07) is 2.81. The molecule has 15 heavy (non-hydrogen) atoms. The molecule has 0 spiro atoms. The highest BCUT2D eigenvalue weighted by atomic mass is 19.1. The van der Waals surface area contributed by atoms with Crippen LogP contribution in [-0.4, -0.2) is 11.5 Å². The number of pyridine rings is 1. The van der Waals surface area contributed by atoms with Crippen LogP contribution >= 0.6 is 0 Å². The molecule has 1 heterocycles. The number of nitrogens with zero attached hydrogens (tertiary/aromatic N) is 5. The summed E-state index contributed by atoms with van der Waals surface area (Å²) in [6.07, 6.45) is 4.50. The van der Waals surface area contributed by atoms with E-state index in [2.05, 4.69) is 15.0 Å². The molecule has 74 valence electrons. The molecule has 0 aliphatic rings. The van der Waals surface area contributed by atoms with E-state index in [1.807, 2.05) is 0 Å². The molecule has 0 amide bonds. The number of nitriles is 1. The summed E-state index contributed by atoms with van der Waals surface area (Å²) in [5, 5.41) is 11.7. The zero-order valence-electron chi connectivity index (χ0n) is 7.63. The Morgan fingerprint density at radius 2 is 2.53 bits per heavy atom. The summed E-state index contributed by atoms with van der Waals surface area (Å²) in [6.45, 7) is 0.193. The Labute approximate surface area is 85.1 Å². The molecule has 1 rings (SSSR count). The fourth-order valence-electron chi connectivity index (χ4n) is 0.899. The first-order valence-electron chi connectivity index (χ1n) is 4.01. The van der Waals surface area contributed by atoms with E-state index in [1.165, 1.54) is 12.3 Å². The number of aromatic nitrogens is 1. The van der Waals surface area contributed by atoms with Gasteiger partial charge in [-0.2, -0.15) is 5.26 Å². The molecule has 0 atom stereocenters. The minimum absolute atomic E-state index is 0.193. The first kappa shape index (κ1) is 10.7. The fourth-order valence-corrected chi connectivity index (χ4v) is 0.899. The van der Waals surface area contributed by atoms with Gasteiger partial charge in [0.25, 0.3) is 0 Å². The Hall–Kier alpha value is -2.38. The van der Waals surface area contributed by atoms with Gasteiger partial charge in [-0.25, -0.2) is 9.37 Å². The third-order valence-corrected chi connectivity index (χ3v) is 1.53. The number of azide groups is 1. The maximum absolute atomic E-state index is 13.0. The van der Waals surface area contributed by atoms with E-state index < -0.39 is 5.82 Å². The first-order valence-corrected chi connectivity index (χ1v) is 4.01. The van der Waals surface area contributed by atoms with E-state index in [4.69, 9.17) is 10.8 Å². The van der Waals surface area contributed by atoms with Gasteiger partial charge >= 0.3 is 0 Å². The quantitative estimate of drug-likeness (QED) is 0.429. The predicted octanol–water partition coefficient (Wildman–Crippen LogP) is 2.42. The van der Waals surface area contributed by atoms with Crippen LogP contribution in [0.25, 0.3) is 16.5 Å². The summed E-state index contributed by atoms with van der Waals surface area (Å²) in [5.41, 5.74) is 8.27. The van der Waals surface area contributed by atoms with Gasteiger partial charge in [-0.15, -0.1) is 0 Å². The first-order chi connectivity index (χ1) is 7.27. The molecule has 0 unspecified atom stereocenters. The molecular formula is C9H6FN5. The zero-order chi connectivity index (χ0) is 11.1. The van der Waals surface area contributed by atoms with Crippen molar-refractivity contribution in [2.45, 2.75) is 0 Å². The molecule has 0 aliphatic carbocycles. The molecule has 1 aromatic heterocycles. The van der Waals surface area contributed by atoms with Gasteiger partial charge in [-0.05, 0) is 17.2 Å². The van der Waals surface area contributed by atoms with Crippen LogP contribution in [0.4, 0.5) is 4.39 Å². The molecular weight excluding hydrogens is 197 g/mol. The van der Waals surface area contributed by atoms with Crippen molar-refractivity contribution in [2.24, 2.45) is 5.11 Å². The van der Waals surface area contributed by atoms with Crippen molar-refractivity contribution in [2.75, 3.05) is 6.54 Å². The minimum atomic E-state index is -0.663. The van der Waals surface area contributed by atoms with Crippen LogP contribution in [-0.2, 0) is 0 Å². The van der Waals surface area contributed by atoms with E-state index in [0.717, 1.165) is 0 Å². The largest absolute Gasteiger partial charge is 0.242 e. The predicted molar refractivity (Wildman–Crippen MR) is 52.0 cm³/mol. The Kier molecular flexibility index (Phi) is 3.83. The topological polar surface area (TPSA) is 85.4 Å². The summed E-state index contributed by atoms with van der Waals surface area (Å²) < 4.78 is 13.0. The maximum atomic E-state index is 13.0. The van der Waals surface area contributed by atoms with Gasteiger partial charge in [0.15, 0.2) is 11.5 Å². The van der Waals surface area contributed by atoms with Crippen LogP contribution in [0.5, 0.6) is 0 Å². The molecule has 6 heteroatoms. The molecule has 0 saturated carbocycles. The second kappa shape index (κ2) is 5.37. The fraction of sp³-hybridized carbons (Fsp3) is 0.111. The Morgan fingerprint density at radius 1 is 1.73 bits per heavy atom. The third kappa shape index (κ3) is 3.10. The van der Waals surface area contributed by atoms with Crippen LogP contribution in [0.15, 0.2) is 23.5 Å². The summed E-state index contributed by atoms with van der Waals surface area (Å²) in [4.78, 5) is 6.16. The smallest absolute Gasteiger partial charge is 0.176 e. The van der Waals surface area contributed by atoms with E-state index in [9.17, 15) is 4.39 Å². The average Bonchev–Trinajstić information content (AvgIpc) is 2.25. The monoisotopic (exact) mass is 203 g/mol. The Morgan fingerprint density at radius 3 is 3.13 bits per heavy atom. The maximum Gasteiger partial charge on any atom is 0.176 e. The van der Waals surface area contributed by atoms with Crippen LogP contribution in [0.2, 0.25) is 0 Å². The van der Waals surface area contributed by atoms with Gasteiger partial charge < -0.3 is 0 Å². The van der Waals surface area contributed by atoms with Gasteiger partial charge in [-0.1, -0.05) is 17.3 Å². The minimum Gasteiger partial charge on any atom is -0.242 e. The summed E-state index contributed by atoms with van der Waals surface area (Å²) in [7, 11) is 0. The average molecular weight is 203 g/mol. The highest BCUT2D eigenvalue weighted by Gasteiger charge is 2.01. The van der Waals surface area contributed by atoms with Gasteiger partial charge in [0.2, 0.25) is 0 Å². The molecule has 0 radical (unpaired) electrons. The van der Waals surface area contributed by atoms with Crippen LogP contribution in [0.1, 0.15) is 11.3 Å². The van der Waals surface area contributed by atoms with Crippen LogP contribution in [0, 0.1) is 17.1 Å². The highest BCUT2D eigenvalue weighted by molar-refractivity contribution is 5.49. The molecule has 0 fully saturated rings. The lowest BCUT2D eigenvalue weighted by Gasteiger charge is -1.94. The number of halogens is 1. The lowest BCUT2D eigenvalue weighted by atomic mass is 10.2. The van der Waals surface area contributed by atoms with Gasteiger partial charge in [-0.3, -0.25) is 0 Å². The van der Waals surface area contributed by atoms with Crippen molar-refractivity contribution in [1.29, 1.82) is 5.26 Å². The molecule has 1 aromatic rings. The van der Waals surface area contributed by atoms with E-state index in [0.29, 0.717) is 5.56 Å². The normalized spacial score (nSPS) is 9.60. The van der Waals surface area contributed by atoms with Crippen molar-refractivity contribution in [3.05, 3.63) is 45.9 Å². The zero-order valence-corrected chi connectivity index (χ0v) is 7.63. The van der Waals surface area contributed by atoms with Crippen molar-refractivity contribution in [1.82, 2.24) is 4.98 Å². The number of rotatable bonds is 3. The number of hydrogen-bond acceptors (Lipinski definition) is 3. The standard InChI is InChI=1S/C9H6FN5/c10-8-4-7(2-1-3-14-15-12)6-13-9(8)5-11/h1-2,4,6H,3H2. The van der Waals surface area contributed by atoms with Gasteiger partial charge in [0, 0.05) is 17.7 Å². The lowest BCUT2D eigenvalue weighted by Crippen LogP contribution is -1.89. The Bertz CT molecular complexity index is 468. The number of hydrogen-bond donors (Lipinski definition) is 0. The van der Waals surface area contributed by atoms with E-state index >= 15 is 0 Å². The molecule has 0 bridgehead atoms. The van der Waals surface area contributed by atoms with Gasteiger partial charge in [0.05, 0.1) is 0 Å². The molecule has 0 saturated heterocycles. The van der Waals surface area contributed by atoms with Crippen molar-refractivity contribution >= 4 is 6.08 Å². The SMILES string of the molecule is N#Cc1ncc(C=CCN=[N+]=[N-])cc1F. The second-order valence-electron chi connectivity index (χ2n) is 2.53. The van der Waals surface area contributed by atoms with Crippen LogP contribution in [0.3, 0.4) is 0 Å².